The highest BCUT2D eigenvalue weighted by Crippen LogP contribution is 2.38. The van der Waals surface area contributed by atoms with E-state index in [2.05, 4.69) is 9.44 Å². The van der Waals surface area contributed by atoms with Crippen LogP contribution < -0.4 is 19.2 Å². The van der Waals surface area contributed by atoms with Crippen molar-refractivity contribution in [3.05, 3.63) is 106 Å². The van der Waals surface area contributed by atoms with Crippen molar-refractivity contribution in [1.29, 1.82) is 0 Å². The van der Waals surface area contributed by atoms with Crippen LogP contribution in [0, 0.1) is 0 Å². The first-order chi connectivity index (χ1) is 21.8. The Morgan fingerprint density at radius 1 is 0.587 bits per heavy atom. The van der Waals surface area contributed by atoms with Gasteiger partial charge in [0.25, 0.3) is 20.0 Å². The smallest absolute Gasteiger partial charge is 0.261 e. The quantitative estimate of drug-likeness (QED) is 0.250. The second kappa shape index (κ2) is 13.3. The van der Waals surface area contributed by atoms with Crippen molar-refractivity contribution in [2.24, 2.45) is 0 Å². The predicted molar refractivity (Wildman–Crippen MR) is 181 cm³/mol. The van der Waals surface area contributed by atoms with Gasteiger partial charge < -0.3 is 9.80 Å². The summed E-state index contributed by atoms with van der Waals surface area (Å²) in [6.07, 6.45) is 1.43. The van der Waals surface area contributed by atoms with E-state index in [4.69, 9.17) is 23.2 Å². The molecule has 0 aromatic heterocycles. The summed E-state index contributed by atoms with van der Waals surface area (Å²) in [5, 5.41) is 0.930. The molecular weight excluding hydrogens is 671 g/mol. The molecule has 4 aromatic rings. The molecule has 0 fully saturated rings. The zero-order chi connectivity index (χ0) is 33.2. The van der Waals surface area contributed by atoms with Crippen LogP contribution >= 0.6 is 23.2 Å². The Morgan fingerprint density at radius 2 is 0.935 bits per heavy atom. The van der Waals surface area contributed by atoms with Crippen LogP contribution in [0.4, 0.5) is 22.7 Å². The maximum Gasteiger partial charge on any atom is 0.261 e. The monoisotopic (exact) mass is 700 g/mol. The third-order valence-corrected chi connectivity index (χ3v) is 10.8. The van der Waals surface area contributed by atoms with Crippen molar-refractivity contribution in [2.75, 3.05) is 32.3 Å². The van der Waals surface area contributed by atoms with Gasteiger partial charge in [-0.25, -0.2) is 16.8 Å². The largest absolute Gasteiger partial charge is 0.310 e. The zero-order valence-corrected chi connectivity index (χ0v) is 28.0. The minimum atomic E-state index is -3.75. The van der Waals surface area contributed by atoms with Crippen LogP contribution in [-0.4, -0.2) is 41.7 Å². The van der Waals surface area contributed by atoms with E-state index in [1.54, 1.807) is 34.1 Å². The molecule has 0 saturated heterocycles. The number of anilines is 4. The number of fused-ring (bicyclic) bond motifs is 2. The van der Waals surface area contributed by atoms with Crippen molar-refractivity contribution in [3.63, 3.8) is 0 Å². The number of hydrogen-bond acceptors (Lipinski definition) is 6. The first-order valence-corrected chi connectivity index (χ1v) is 17.9. The fourth-order valence-corrected chi connectivity index (χ4v) is 7.73. The Hall–Kier alpha value is -4.10. The molecule has 14 heteroatoms. The molecular formula is C32H30Cl2N4O6S2. The summed E-state index contributed by atoms with van der Waals surface area (Å²) in [6, 6.07) is 22.5. The number of carbonyl (C=O) groups excluding carboxylic acids is 2. The molecule has 240 valence electrons. The summed E-state index contributed by atoms with van der Waals surface area (Å²) in [5.74, 6) is -0.219. The lowest BCUT2D eigenvalue weighted by Gasteiger charge is -2.19. The van der Waals surface area contributed by atoms with Gasteiger partial charge in [-0.1, -0.05) is 47.5 Å². The van der Waals surface area contributed by atoms with Gasteiger partial charge in [0.1, 0.15) is 0 Å². The van der Waals surface area contributed by atoms with Gasteiger partial charge in [-0.05, 0) is 84.6 Å². The number of hydrogen-bond donors (Lipinski definition) is 2. The highest BCUT2D eigenvalue weighted by molar-refractivity contribution is 7.93. The van der Waals surface area contributed by atoms with Crippen LogP contribution in [-0.2, 0) is 42.5 Å². The highest BCUT2D eigenvalue weighted by Gasteiger charge is 2.28. The average molecular weight is 702 g/mol. The number of halogens is 2. The Kier molecular flexibility index (Phi) is 9.64. The van der Waals surface area contributed by atoms with Crippen LogP contribution in [0.2, 0.25) is 10.0 Å². The molecule has 6 rings (SSSR count). The van der Waals surface area contributed by atoms with Gasteiger partial charge in [0.2, 0.25) is 11.8 Å². The molecule has 0 atom stereocenters. The molecule has 2 N–H and O–H groups in total. The lowest BCUT2D eigenvalue weighted by Crippen LogP contribution is -2.27. The Labute approximate surface area is 278 Å². The molecule has 2 aliphatic heterocycles. The lowest BCUT2D eigenvalue weighted by atomic mass is 10.1. The van der Waals surface area contributed by atoms with E-state index in [-0.39, 0.29) is 21.6 Å². The van der Waals surface area contributed by atoms with Crippen LogP contribution in [0.5, 0.6) is 0 Å². The van der Waals surface area contributed by atoms with Crippen LogP contribution in [0.3, 0.4) is 0 Å². The van der Waals surface area contributed by atoms with Gasteiger partial charge in [-0.15, -0.1) is 0 Å². The van der Waals surface area contributed by atoms with Crippen molar-refractivity contribution in [2.45, 2.75) is 36.5 Å². The SMILES string of the molecule is CC(=O)N1CCc2cccc(NS(=O)(=O)c3ccc(Cl)cc3)c21.CC(=O)N1CCc2cccc(NS(=O)(=O)c3ccc(Cl)cc3)c21. The molecule has 0 unspecified atom stereocenters. The second-order valence-electron chi connectivity index (χ2n) is 10.6. The Morgan fingerprint density at radius 3 is 1.26 bits per heavy atom. The van der Waals surface area contributed by atoms with Gasteiger partial charge in [0.05, 0.1) is 32.5 Å². The number of para-hydroxylation sites is 2. The van der Waals surface area contributed by atoms with Gasteiger partial charge in [-0.2, -0.15) is 0 Å². The summed E-state index contributed by atoms with van der Waals surface area (Å²) < 4.78 is 55.3. The number of rotatable bonds is 6. The third kappa shape index (κ3) is 7.15. The molecule has 2 aliphatic rings. The average Bonchev–Trinajstić information content (AvgIpc) is 3.64. The molecule has 4 aromatic carbocycles. The molecule has 0 aliphatic carbocycles. The minimum absolute atomic E-state index is 0.109. The summed E-state index contributed by atoms with van der Waals surface area (Å²) in [4.78, 5) is 27.0. The summed E-state index contributed by atoms with van der Waals surface area (Å²) in [5.41, 5.74) is 4.00. The van der Waals surface area contributed by atoms with Gasteiger partial charge in [0.15, 0.2) is 0 Å². The van der Waals surface area contributed by atoms with Crippen LogP contribution in [0.25, 0.3) is 0 Å². The maximum absolute atomic E-state index is 12.5. The number of sulfonamides is 2. The molecule has 10 nitrogen and oxygen atoms in total. The predicted octanol–water partition coefficient (Wildman–Crippen LogP) is 6.10. The van der Waals surface area contributed by atoms with E-state index < -0.39 is 20.0 Å². The van der Waals surface area contributed by atoms with E-state index in [0.29, 0.717) is 58.7 Å². The van der Waals surface area contributed by atoms with Crippen molar-refractivity contribution in [1.82, 2.24) is 0 Å². The first kappa shape index (κ1) is 33.3. The topological polar surface area (TPSA) is 133 Å². The summed E-state index contributed by atoms with van der Waals surface area (Å²) >= 11 is 11.6. The van der Waals surface area contributed by atoms with E-state index in [0.717, 1.165) is 11.1 Å². The van der Waals surface area contributed by atoms with E-state index >= 15 is 0 Å². The lowest BCUT2D eigenvalue weighted by molar-refractivity contribution is -0.117. The molecule has 2 amide bonds. The fourth-order valence-electron chi connectivity index (χ4n) is 5.34. The van der Waals surface area contributed by atoms with Gasteiger partial charge in [0, 0.05) is 37.0 Å². The third-order valence-electron chi connectivity index (χ3n) is 7.49. The molecule has 2 heterocycles. The zero-order valence-electron chi connectivity index (χ0n) is 24.8. The minimum Gasteiger partial charge on any atom is -0.310 e. The molecule has 0 spiro atoms. The van der Waals surface area contributed by atoms with Crippen LogP contribution in [0.15, 0.2) is 94.7 Å². The van der Waals surface area contributed by atoms with Crippen LogP contribution in [0.1, 0.15) is 25.0 Å². The summed E-state index contributed by atoms with van der Waals surface area (Å²) in [6.45, 7) is 4.06. The number of nitrogens with zero attached hydrogens (tertiary/aromatic N) is 2. The highest BCUT2D eigenvalue weighted by atomic mass is 35.5. The van der Waals surface area contributed by atoms with Crippen molar-refractivity contribution < 1.29 is 26.4 Å². The molecule has 0 radical (unpaired) electrons. The molecule has 0 saturated carbocycles. The Balaban J connectivity index is 0.000000181. The maximum atomic E-state index is 12.5. The molecule has 0 bridgehead atoms. The van der Waals surface area contributed by atoms with Crippen molar-refractivity contribution in [3.8, 4) is 0 Å². The number of nitrogens with one attached hydrogen (secondary N) is 2. The number of carbonyl (C=O) groups is 2. The standard InChI is InChI=1S/2C16H15ClN2O3S/c2*1-11(20)19-10-9-12-3-2-4-15(16(12)19)18-23(21,22)14-7-5-13(17)6-8-14/h2*2-8,18H,9-10H2,1H3. The summed E-state index contributed by atoms with van der Waals surface area (Å²) in [7, 11) is -7.49. The van der Waals surface area contributed by atoms with E-state index in [1.165, 1.54) is 62.4 Å². The van der Waals surface area contributed by atoms with E-state index in [9.17, 15) is 26.4 Å². The normalized spacial score (nSPS) is 13.7. The van der Waals surface area contributed by atoms with Gasteiger partial charge >= 0.3 is 0 Å². The van der Waals surface area contributed by atoms with Crippen molar-refractivity contribution >= 4 is 77.8 Å². The second-order valence-corrected chi connectivity index (χ2v) is 14.8. The Bertz CT molecular complexity index is 1870. The fraction of sp³-hybridized carbons (Fsp3) is 0.188. The molecule has 46 heavy (non-hydrogen) atoms. The van der Waals surface area contributed by atoms with E-state index in [1.807, 2.05) is 12.1 Å². The number of benzene rings is 4. The first-order valence-electron chi connectivity index (χ1n) is 14.1. The van der Waals surface area contributed by atoms with Gasteiger partial charge in [-0.3, -0.25) is 19.0 Å². The number of amides is 2.